The SMILES string of the molecule is COc1cc(C(C)C)c(Oc2cnc(C)nc2N)cc1C(F)(F)F.COc1cc(C(C)C)c(Oc2cnc(C)nc2N)cc1C(N)=O.COc1cc(C(C)C)c(Oc2cnc(C)nc2N)cc1S(C)(=O)=O.COc1cc(C(C)C)c(Oc2cnc(C)nc2N)cc1S(N)(=O)=O. The van der Waals surface area contributed by atoms with Crippen LogP contribution in [0.3, 0.4) is 0 Å². The Labute approximate surface area is 549 Å². The predicted octanol–water partition coefficient (Wildman–Crippen LogP) is 11.3. The first-order valence-corrected chi connectivity index (χ1v) is 32.2. The Morgan fingerprint density at radius 1 is 0.421 bits per heavy atom. The molecule has 1 amide bonds. The molecule has 0 atom stereocenters. The number of primary sulfonamides is 1. The number of amides is 1. The number of rotatable bonds is 19. The van der Waals surface area contributed by atoms with E-state index in [1.807, 2.05) is 55.4 Å². The van der Waals surface area contributed by atoms with Crippen LogP contribution in [0, 0.1) is 27.7 Å². The summed E-state index contributed by atoms with van der Waals surface area (Å²) in [4.78, 5) is 43.7. The number of hydrogen-bond acceptors (Lipinski definition) is 25. The number of hydrogen-bond donors (Lipinski definition) is 6. The zero-order valence-electron chi connectivity index (χ0n) is 55.5. The number of aryl methyl sites for hydroxylation is 4. The van der Waals surface area contributed by atoms with Crippen LogP contribution in [0.15, 0.2) is 83.1 Å². The highest BCUT2D eigenvalue weighted by molar-refractivity contribution is 7.90. The van der Waals surface area contributed by atoms with E-state index < -0.39 is 37.5 Å². The number of anilines is 4. The number of halogens is 3. The number of sulfone groups is 1. The average molecular weight is 1360 g/mol. The van der Waals surface area contributed by atoms with Gasteiger partial charge in [0.25, 0.3) is 5.91 Å². The van der Waals surface area contributed by atoms with Crippen LogP contribution in [0.2, 0.25) is 0 Å². The second-order valence-electron chi connectivity index (χ2n) is 22.1. The molecule has 0 bridgehead atoms. The van der Waals surface area contributed by atoms with Crippen molar-refractivity contribution in [1.82, 2.24) is 39.9 Å². The second kappa shape index (κ2) is 31.7. The van der Waals surface area contributed by atoms with E-state index in [2.05, 4.69) is 39.9 Å². The van der Waals surface area contributed by atoms with Crippen molar-refractivity contribution in [3.63, 3.8) is 0 Å². The summed E-state index contributed by atoms with van der Waals surface area (Å²) in [5.41, 5.74) is 31.0. The van der Waals surface area contributed by atoms with Gasteiger partial charge in [-0.3, -0.25) is 4.79 Å². The number of alkyl halides is 3. The molecule has 0 saturated carbocycles. The van der Waals surface area contributed by atoms with Gasteiger partial charge in [0.15, 0.2) is 56.1 Å². The number of primary amides is 1. The lowest BCUT2D eigenvalue weighted by molar-refractivity contribution is -0.138. The Kier molecular flexibility index (Phi) is 25.2. The minimum absolute atomic E-state index is 0.0380. The molecule has 0 fully saturated rings. The van der Waals surface area contributed by atoms with E-state index in [1.54, 1.807) is 52.0 Å². The van der Waals surface area contributed by atoms with Gasteiger partial charge in [-0.15, -0.1) is 0 Å². The number of ether oxygens (including phenoxy) is 8. The zero-order valence-corrected chi connectivity index (χ0v) is 57.2. The van der Waals surface area contributed by atoms with Crippen LogP contribution < -0.4 is 71.7 Å². The molecule has 12 N–H and O–H groups in total. The topological polar surface area (TPSA) is 418 Å². The first-order valence-electron chi connectivity index (χ1n) is 28.8. The number of nitrogens with two attached hydrogens (primary N) is 6. The molecular formula is C63H79F3N14O13S2. The van der Waals surface area contributed by atoms with Crippen molar-refractivity contribution in [2.75, 3.05) is 57.6 Å². The normalized spacial score (nSPS) is 11.4. The highest BCUT2D eigenvalue weighted by Gasteiger charge is 2.36. The molecule has 27 nitrogen and oxygen atoms in total. The van der Waals surface area contributed by atoms with Crippen LogP contribution in [-0.4, -0.2) is 97.3 Å². The molecule has 8 rings (SSSR count). The molecule has 0 aliphatic heterocycles. The van der Waals surface area contributed by atoms with E-state index in [-0.39, 0.29) is 103 Å². The summed E-state index contributed by atoms with van der Waals surface area (Å²) in [5, 5.41) is 5.26. The van der Waals surface area contributed by atoms with Gasteiger partial charge in [-0.2, -0.15) is 13.2 Å². The number of aromatic nitrogens is 8. The van der Waals surface area contributed by atoms with E-state index >= 15 is 0 Å². The van der Waals surface area contributed by atoms with Crippen molar-refractivity contribution < 1.29 is 72.7 Å². The standard InChI is InChI=1S/C16H18F3N3O2.C16H20N4O3.C16H21N3O4S.C15H20N4O4S/c1-8(2)10-5-13(23-4)11(16(17,18)19)6-12(10)24-14-7-21-9(3)22-15(14)20;1-8(2)10-5-12(22-4)11(16(18)21)6-13(10)23-14-7-19-9(3)20-15(14)17;1-9(2)11-6-13(22-4)15(24(5,20)21)7-12(11)23-14-8-18-10(3)19-16(14)17;1-8(2)10-5-12(22-4)14(24(17,20)21)6-11(10)23-13-7-18-9(3)19-15(13)16/h5-8H,1-4H3,(H2,20,21,22);5-8H,1-4H3,(H2,18,21)(H2,17,19,20);6-9H,1-5H3,(H2,17,18,19);5-8H,1-4H3,(H2,16,18,19)(H2,17,20,21). The van der Waals surface area contributed by atoms with Gasteiger partial charge < -0.3 is 66.6 Å². The first kappa shape index (κ1) is 75.6. The van der Waals surface area contributed by atoms with Gasteiger partial charge in [0.05, 0.1) is 58.8 Å². The van der Waals surface area contributed by atoms with Gasteiger partial charge in [0.2, 0.25) is 10.0 Å². The summed E-state index contributed by atoms with van der Waals surface area (Å²) in [5.74, 6) is 4.88. The molecule has 4 heterocycles. The number of methoxy groups -OCH3 is 4. The number of nitrogens with zero attached hydrogens (tertiary/aromatic N) is 8. The van der Waals surface area contributed by atoms with Crippen molar-refractivity contribution >= 4 is 49.0 Å². The molecule has 95 heavy (non-hydrogen) atoms. The van der Waals surface area contributed by atoms with Gasteiger partial charge >= 0.3 is 6.18 Å². The van der Waals surface area contributed by atoms with Crippen LogP contribution >= 0.6 is 0 Å². The maximum absolute atomic E-state index is 13.2. The van der Waals surface area contributed by atoms with Gasteiger partial charge in [-0.25, -0.2) is 61.8 Å². The molecule has 0 aliphatic carbocycles. The molecule has 0 spiro atoms. The Morgan fingerprint density at radius 3 is 0.958 bits per heavy atom. The van der Waals surface area contributed by atoms with Crippen molar-refractivity contribution in [2.45, 2.75) is 123 Å². The van der Waals surface area contributed by atoms with E-state index in [1.165, 1.54) is 71.4 Å². The third-order valence-corrected chi connectivity index (χ3v) is 15.6. The molecular weight excluding hydrogens is 1280 g/mol. The van der Waals surface area contributed by atoms with E-state index in [9.17, 15) is 34.8 Å². The van der Waals surface area contributed by atoms with Crippen LogP contribution in [0.4, 0.5) is 36.4 Å². The van der Waals surface area contributed by atoms with Gasteiger partial charge in [-0.1, -0.05) is 55.4 Å². The van der Waals surface area contributed by atoms with Crippen LogP contribution in [-0.2, 0) is 26.0 Å². The van der Waals surface area contributed by atoms with E-state index in [0.29, 0.717) is 57.6 Å². The maximum Gasteiger partial charge on any atom is 0.420 e. The molecule has 0 saturated heterocycles. The summed E-state index contributed by atoms with van der Waals surface area (Å²) < 4.78 is 131. The van der Waals surface area contributed by atoms with E-state index in [4.69, 9.17) is 71.7 Å². The molecule has 0 aliphatic rings. The molecule has 0 unspecified atom stereocenters. The van der Waals surface area contributed by atoms with Crippen LogP contribution in [0.25, 0.3) is 0 Å². The Hall–Kier alpha value is -10.1. The van der Waals surface area contributed by atoms with Crippen LogP contribution in [0.5, 0.6) is 69.0 Å². The summed E-state index contributed by atoms with van der Waals surface area (Å²) in [7, 11) is -1.99. The third-order valence-electron chi connectivity index (χ3n) is 13.5. The summed E-state index contributed by atoms with van der Waals surface area (Å²) in [6.07, 6.45) is 2.27. The van der Waals surface area contributed by atoms with Gasteiger partial charge in [-0.05, 0) is 87.8 Å². The summed E-state index contributed by atoms with van der Waals surface area (Å²) in [6.45, 7) is 22.3. The zero-order chi connectivity index (χ0) is 71.4. The number of sulfonamides is 1. The molecule has 32 heteroatoms. The number of carbonyl (C=O) groups excluding carboxylic acids is 1. The predicted molar refractivity (Wildman–Crippen MR) is 351 cm³/mol. The quantitative estimate of drug-likeness (QED) is 0.0438. The van der Waals surface area contributed by atoms with Gasteiger partial charge in [0.1, 0.15) is 84.6 Å². The average Bonchev–Trinajstić information content (AvgIpc) is 0.815. The monoisotopic (exact) mass is 1360 g/mol. The Bertz CT molecular complexity index is 4170. The highest BCUT2D eigenvalue weighted by atomic mass is 32.2. The molecule has 512 valence electrons. The maximum atomic E-state index is 13.2. The van der Waals surface area contributed by atoms with E-state index in [0.717, 1.165) is 29.0 Å². The van der Waals surface area contributed by atoms with Crippen molar-refractivity contribution in [1.29, 1.82) is 0 Å². The lowest BCUT2D eigenvalue weighted by Crippen LogP contribution is -2.14. The van der Waals surface area contributed by atoms with Crippen LogP contribution in [0.1, 0.15) is 141 Å². The van der Waals surface area contributed by atoms with Gasteiger partial charge in [0, 0.05) is 40.6 Å². The third kappa shape index (κ3) is 20.0. The largest absolute Gasteiger partial charge is 0.496 e. The molecule has 0 radical (unpaired) electrons. The fraction of sp³-hybridized carbons (Fsp3) is 0.349. The minimum atomic E-state index is -4.58. The number of carbonyl (C=O) groups is 1. The van der Waals surface area contributed by atoms with Crippen molar-refractivity contribution in [3.8, 4) is 69.0 Å². The fourth-order valence-corrected chi connectivity index (χ4v) is 10.2. The van der Waals surface area contributed by atoms with Crippen molar-refractivity contribution in [3.05, 3.63) is 130 Å². The lowest BCUT2D eigenvalue weighted by atomic mass is 9.99. The number of nitrogen functional groups attached to an aromatic ring is 4. The lowest BCUT2D eigenvalue weighted by Gasteiger charge is -2.19. The highest BCUT2D eigenvalue weighted by Crippen LogP contribution is 2.45. The number of benzene rings is 4. The first-order chi connectivity index (χ1) is 44.2. The fourth-order valence-electron chi connectivity index (χ4n) is 8.70. The molecule has 4 aromatic heterocycles. The summed E-state index contributed by atoms with van der Waals surface area (Å²) in [6, 6.07) is 11.6. The second-order valence-corrected chi connectivity index (χ2v) is 25.6. The summed E-state index contributed by atoms with van der Waals surface area (Å²) >= 11 is 0. The molecule has 8 aromatic rings. The van der Waals surface area contributed by atoms with Crippen molar-refractivity contribution in [2.24, 2.45) is 10.9 Å². The Balaban J connectivity index is 0.000000229. The Morgan fingerprint density at radius 2 is 0.695 bits per heavy atom. The smallest absolute Gasteiger partial charge is 0.420 e. The minimum Gasteiger partial charge on any atom is -0.496 e. The molecule has 4 aromatic carbocycles.